The molecular weight excluding hydrogens is 310 g/mol. The number of nitrogens with zero attached hydrogens (tertiary/aromatic N) is 2. The summed E-state index contributed by atoms with van der Waals surface area (Å²) in [5.74, 6) is 0.563. The van der Waals surface area contributed by atoms with Gasteiger partial charge in [0.1, 0.15) is 0 Å². The highest BCUT2D eigenvalue weighted by atomic mass is 16.6. The molecule has 3 rings (SSSR count). The van der Waals surface area contributed by atoms with Crippen LogP contribution in [0.2, 0.25) is 0 Å². The van der Waals surface area contributed by atoms with Gasteiger partial charge in [0.2, 0.25) is 0 Å². The van der Waals surface area contributed by atoms with Crippen molar-refractivity contribution in [3.8, 4) is 0 Å². The maximum absolute atomic E-state index is 12.3. The summed E-state index contributed by atoms with van der Waals surface area (Å²) >= 11 is 0. The van der Waals surface area contributed by atoms with Gasteiger partial charge in [-0.25, -0.2) is 4.79 Å². The van der Waals surface area contributed by atoms with Gasteiger partial charge in [0, 0.05) is 38.4 Å². The first-order valence-electron chi connectivity index (χ1n) is 8.51. The molecule has 0 radical (unpaired) electrons. The van der Waals surface area contributed by atoms with E-state index in [1.54, 1.807) is 12.1 Å². The second-order valence-corrected chi connectivity index (χ2v) is 6.46. The van der Waals surface area contributed by atoms with Crippen molar-refractivity contribution in [2.45, 2.75) is 38.3 Å². The quantitative estimate of drug-likeness (QED) is 0.678. The first-order chi connectivity index (χ1) is 11.6. The van der Waals surface area contributed by atoms with Crippen molar-refractivity contribution in [3.63, 3.8) is 0 Å². The van der Waals surface area contributed by atoms with Gasteiger partial charge in [-0.1, -0.05) is 12.1 Å². The Kier molecular flexibility index (Phi) is 5.30. The van der Waals surface area contributed by atoms with Crippen LogP contribution in [0.5, 0.6) is 0 Å². The Morgan fingerprint density at radius 2 is 2.12 bits per heavy atom. The number of nitrogens with one attached hydrogen (secondary N) is 1. The van der Waals surface area contributed by atoms with E-state index in [1.807, 2.05) is 4.90 Å². The van der Waals surface area contributed by atoms with Crippen LogP contribution >= 0.6 is 0 Å². The van der Waals surface area contributed by atoms with Crippen LogP contribution in [0, 0.1) is 16.0 Å². The van der Waals surface area contributed by atoms with Crippen LogP contribution in [0.15, 0.2) is 24.3 Å². The summed E-state index contributed by atoms with van der Waals surface area (Å²) < 4.78 is 5.75. The number of hydrogen-bond donors (Lipinski definition) is 1. The minimum absolute atomic E-state index is 0.0409. The van der Waals surface area contributed by atoms with Crippen LogP contribution in [-0.2, 0) is 11.3 Å². The zero-order valence-electron chi connectivity index (χ0n) is 13.6. The smallest absolute Gasteiger partial charge is 0.317 e. The molecule has 130 valence electrons. The molecule has 1 aromatic carbocycles. The molecular formula is C17H23N3O4. The van der Waals surface area contributed by atoms with Crippen LogP contribution in [0.25, 0.3) is 0 Å². The van der Waals surface area contributed by atoms with Gasteiger partial charge in [0.15, 0.2) is 0 Å². The van der Waals surface area contributed by atoms with E-state index >= 15 is 0 Å². The first-order valence-corrected chi connectivity index (χ1v) is 8.51. The lowest BCUT2D eigenvalue weighted by atomic mass is 9.90. The van der Waals surface area contributed by atoms with Crippen LogP contribution in [-0.4, -0.2) is 41.7 Å². The van der Waals surface area contributed by atoms with E-state index in [1.165, 1.54) is 12.1 Å². The number of ether oxygens (including phenoxy) is 1. The number of nitro groups is 1. The Morgan fingerprint density at radius 3 is 2.79 bits per heavy atom. The van der Waals surface area contributed by atoms with Gasteiger partial charge in [0.05, 0.1) is 11.0 Å². The van der Waals surface area contributed by atoms with Crippen molar-refractivity contribution < 1.29 is 14.5 Å². The SMILES string of the molecule is O=C(NCc1cccc([N+](=O)[O-])c1)N1CCC(C2CCCO2)CC1. The molecule has 1 aromatic rings. The van der Waals surface area contributed by atoms with E-state index in [0.29, 0.717) is 18.6 Å². The minimum atomic E-state index is -0.429. The van der Waals surface area contributed by atoms with Gasteiger partial charge < -0.3 is 15.0 Å². The summed E-state index contributed by atoms with van der Waals surface area (Å²) in [4.78, 5) is 24.4. The second-order valence-electron chi connectivity index (χ2n) is 6.46. The summed E-state index contributed by atoms with van der Waals surface area (Å²) in [5, 5.41) is 13.6. The number of non-ortho nitro benzene ring substituents is 1. The molecule has 7 heteroatoms. The second kappa shape index (κ2) is 7.61. The average molecular weight is 333 g/mol. The maximum atomic E-state index is 12.3. The highest BCUT2D eigenvalue weighted by molar-refractivity contribution is 5.74. The summed E-state index contributed by atoms with van der Waals surface area (Å²) in [7, 11) is 0. The predicted molar refractivity (Wildman–Crippen MR) is 88.6 cm³/mol. The van der Waals surface area contributed by atoms with E-state index in [2.05, 4.69) is 5.32 Å². The molecule has 2 fully saturated rings. The standard InChI is InChI=1S/C17H23N3O4/c21-17(18-12-13-3-1-4-15(11-13)20(22)23)19-8-6-14(7-9-19)16-5-2-10-24-16/h1,3-4,11,14,16H,2,5-10,12H2,(H,18,21). The lowest BCUT2D eigenvalue weighted by molar-refractivity contribution is -0.384. The fourth-order valence-electron chi connectivity index (χ4n) is 3.52. The highest BCUT2D eigenvalue weighted by Crippen LogP contribution is 2.28. The van der Waals surface area contributed by atoms with E-state index in [9.17, 15) is 14.9 Å². The summed E-state index contributed by atoms with van der Waals surface area (Å²) in [6, 6.07) is 6.24. The number of carbonyl (C=O) groups excluding carboxylic acids is 1. The number of carbonyl (C=O) groups is 1. The summed E-state index contributed by atoms with van der Waals surface area (Å²) in [5.41, 5.74) is 0.769. The molecule has 0 spiro atoms. The third-order valence-electron chi connectivity index (χ3n) is 4.88. The van der Waals surface area contributed by atoms with Gasteiger partial charge in [-0.3, -0.25) is 10.1 Å². The van der Waals surface area contributed by atoms with Gasteiger partial charge >= 0.3 is 6.03 Å². The van der Waals surface area contributed by atoms with Crippen LogP contribution in [0.4, 0.5) is 10.5 Å². The third kappa shape index (κ3) is 4.03. The van der Waals surface area contributed by atoms with E-state index in [0.717, 1.165) is 50.9 Å². The van der Waals surface area contributed by atoms with Crippen molar-refractivity contribution in [3.05, 3.63) is 39.9 Å². The molecule has 7 nitrogen and oxygen atoms in total. The van der Waals surface area contributed by atoms with Gasteiger partial charge in [-0.05, 0) is 37.2 Å². The van der Waals surface area contributed by atoms with Gasteiger partial charge in [0.25, 0.3) is 5.69 Å². The highest BCUT2D eigenvalue weighted by Gasteiger charge is 2.30. The fourth-order valence-corrected chi connectivity index (χ4v) is 3.52. The van der Waals surface area contributed by atoms with Crippen molar-refractivity contribution in [2.75, 3.05) is 19.7 Å². The number of hydrogen-bond acceptors (Lipinski definition) is 4. The van der Waals surface area contributed by atoms with E-state index < -0.39 is 4.92 Å². The lowest BCUT2D eigenvalue weighted by Gasteiger charge is -2.34. The summed E-state index contributed by atoms with van der Waals surface area (Å²) in [6.07, 6.45) is 4.63. The number of amides is 2. The Hall–Kier alpha value is -2.15. The van der Waals surface area contributed by atoms with Crippen molar-refractivity contribution in [1.29, 1.82) is 0 Å². The maximum Gasteiger partial charge on any atom is 0.317 e. The van der Waals surface area contributed by atoms with Gasteiger partial charge in [-0.15, -0.1) is 0 Å². The molecule has 2 aliphatic heterocycles. The molecule has 1 N–H and O–H groups in total. The van der Waals surface area contributed by atoms with Gasteiger partial charge in [-0.2, -0.15) is 0 Å². The molecule has 0 aromatic heterocycles. The monoisotopic (exact) mass is 333 g/mol. The Bertz CT molecular complexity index is 593. The number of urea groups is 1. The van der Waals surface area contributed by atoms with Crippen LogP contribution < -0.4 is 5.32 Å². The minimum Gasteiger partial charge on any atom is -0.378 e. The molecule has 2 heterocycles. The number of rotatable bonds is 4. The van der Waals surface area contributed by atoms with Crippen molar-refractivity contribution in [1.82, 2.24) is 10.2 Å². The molecule has 2 amide bonds. The largest absolute Gasteiger partial charge is 0.378 e. The van der Waals surface area contributed by atoms with E-state index in [-0.39, 0.29) is 11.7 Å². The average Bonchev–Trinajstić information content (AvgIpc) is 3.14. The van der Waals surface area contributed by atoms with Crippen LogP contribution in [0.3, 0.4) is 0 Å². The van der Waals surface area contributed by atoms with Crippen molar-refractivity contribution >= 4 is 11.7 Å². The third-order valence-corrected chi connectivity index (χ3v) is 4.88. The molecule has 0 bridgehead atoms. The fraction of sp³-hybridized carbons (Fsp3) is 0.588. The lowest BCUT2D eigenvalue weighted by Crippen LogP contribution is -2.45. The van der Waals surface area contributed by atoms with E-state index in [4.69, 9.17) is 4.74 Å². The number of nitro benzene ring substituents is 1. The normalized spacial score (nSPS) is 21.7. The molecule has 0 aliphatic carbocycles. The molecule has 2 saturated heterocycles. The van der Waals surface area contributed by atoms with Crippen molar-refractivity contribution in [2.24, 2.45) is 5.92 Å². The Balaban J connectivity index is 1.46. The molecule has 24 heavy (non-hydrogen) atoms. The molecule has 1 atom stereocenters. The zero-order chi connectivity index (χ0) is 16.9. The number of likely N-dealkylation sites (tertiary alicyclic amines) is 1. The molecule has 0 saturated carbocycles. The Labute approximate surface area is 141 Å². The number of piperidine rings is 1. The predicted octanol–water partition coefficient (Wildman–Crippen LogP) is 2.70. The first kappa shape index (κ1) is 16.7. The molecule has 1 unspecified atom stereocenters. The van der Waals surface area contributed by atoms with Crippen LogP contribution in [0.1, 0.15) is 31.2 Å². The summed E-state index contributed by atoms with van der Waals surface area (Å²) in [6.45, 7) is 2.65. The number of benzene rings is 1. The Morgan fingerprint density at radius 1 is 1.33 bits per heavy atom. The molecule has 2 aliphatic rings. The zero-order valence-corrected chi connectivity index (χ0v) is 13.6. The topological polar surface area (TPSA) is 84.7 Å².